The standard InChI is InChI=1S/C28H50O6/c1-26(2)33-22-25(27(23-30,34-26)18-19-29)14-10-5-3-4-6-11-16-28(31-20-21-32-28)17-15-24-12-8-7-9-13-24/h10,14,24-25,29-30H,3-9,11-13,15-23H2,1-2H3/b14-10+/t25-,27-/m1/s1. The summed E-state index contributed by atoms with van der Waals surface area (Å²) in [5.41, 5.74) is -0.778. The molecule has 34 heavy (non-hydrogen) atoms. The van der Waals surface area contributed by atoms with E-state index in [4.69, 9.17) is 18.9 Å². The summed E-state index contributed by atoms with van der Waals surface area (Å²) in [5.74, 6) is -0.244. The van der Waals surface area contributed by atoms with Crippen LogP contribution in [0.15, 0.2) is 12.2 Å². The number of hydrogen-bond acceptors (Lipinski definition) is 6. The van der Waals surface area contributed by atoms with Gasteiger partial charge in [0, 0.05) is 31.8 Å². The molecule has 1 aliphatic carbocycles. The second-order valence-corrected chi connectivity index (χ2v) is 11.1. The molecular formula is C28H50O6. The van der Waals surface area contributed by atoms with Gasteiger partial charge >= 0.3 is 0 Å². The second kappa shape index (κ2) is 13.7. The van der Waals surface area contributed by atoms with Crippen molar-refractivity contribution in [3.05, 3.63) is 12.2 Å². The molecule has 2 heterocycles. The van der Waals surface area contributed by atoms with Crippen LogP contribution in [0.5, 0.6) is 0 Å². The van der Waals surface area contributed by atoms with Crippen LogP contribution in [0.1, 0.15) is 104 Å². The van der Waals surface area contributed by atoms with E-state index in [1.165, 1.54) is 51.4 Å². The van der Waals surface area contributed by atoms with E-state index in [9.17, 15) is 10.2 Å². The summed E-state index contributed by atoms with van der Waals surface area (Å²) in [4.78, 5) is 0. The molecule has 0 unspecified atom stereocenters. The largest absolute Gasteiger partial charge is 0.396 e. The van der Waals surface area contributed by atoms with Crippen LogP contribution in [0.2, 0.25) is 0 Å². The van der Waals surface area contributed by atoms with E-state index >= 15 is 0 Å². The van der Waals surface area contributed by atoms with Crippen LogP contribution in [0.3, 0.4) is 0 Å². The van der Waals surface area contributed by atoms with Crippen LogP contribution < -0.4 is 0 Å². The predicted octanol–water partition coefficient (Wildman–Crippen LogP) is 5.50. The third kappa shape index (κ3) is 8.28. The van der Waals surface area contributed by atoms with Gasteiger partial charge in [-0.3, -0.25) is 0 Å². The molecule has 2 saturated heterocycles. The number of aliphatic hydroxyl groups excluding tert-OH is 2. The van der Waals surface area contributed by atoms with Crippen LogP contribution >= 0.6 is 0 Å². The minimum absolute atomic E-state index is 0.0173. The normalized spacial score (nSPS) is 29.7. The molecule has 3 rings (SSSR count). The topological polar surface area (TPSA) is 77.4 Å². The number of hydrogen-bond donors (Lipinski definition) is 2. The smallest absolute Gasteiger partial charge is 0.168 e. The molecule has 2 N–H and O–H groups in total. The monoisotopic (exact) mass is 482 g/mol. The van der Waals surface area contributed by atoms with E-state index in [1.54, 1.807) is 0 Å². The third-order valence-electron chi connectivity index (χ3n) is 8.06. The van der Waals surface area contributed by atoms with Crippen LogP contribution in [0.4, 0.5) is 0 Å². The molecule has 0 bridgehead atoms. The van der Waals surface area contributed by atoms with Gasteiger partial charge in [-0.15, -0.1) is 0 Å². The Morgan fingerprint density at radius 1 is 0.853 bits per heavy atom. The summed E-state index contributed by atoms with van der Waals surface area (Å²) in [6.45, 7) is 5.55. The van der Waals surface area contributed by atoms with Crippen LogP contribution in [0.25, 0.3) is 0 Å². The first-order valence-corrected chi connectivity index (χ1v) is 13.9. The fourth-order valence-electron chi connectivity index (χ4n) is 6.00. The van der Waals surface area contributed by atoms with Crippen molar-refractivity contribution in [3.63, 3.8) is 0 Å². The summed E-state index contributed by atoms with van der Waals surface area (Å²) in [6.07, 6.45) is 20.7. The average molecular weight is 483 g/mol. The first-order valence-electron chi connectivity index (χ1n) is 13.9. The van der Waals surface area contributed by atoms with Crippen LogP contribution in [-0.4, -0.2) is 60.4 Å². The quantitative estimate of drug-likeness (QED) is 0.251. The molecule has 3 aliphatic rings. The zero-order chi connectivity index (χ0) is 24.3. The van der Waals surface area contributed by atoms with Gasteiger partial charge in [0.15, 0.2) is 11.6 Å². The number of ether oxygens (including phenoxy) is 4. The van der Waals surface area contributed by atoms with E-state index in [0.29, 0.717) is 13.0 Å². The highest BCUT2D eigenvalue weighted by molar-refractivity contribution is 5.03. The molecule has 6 nitrogen and oxygen atoms in total. The molecule has 198 valence electrons. The molecule has 1 saturated carbocycles. The lowest BCUT2D eigenvalue weighted by Gasteiger charge is -2.48. The van der Waals surface area contributed by atoms with Gasteiger partial charge in [-0.05, 0) is 45.4 Å². The molecule has 0 aromatic carbocycles. The van der Waals surface area contributed by atoms with Crippen molar-refractivity contribution in [2.45, 2.75) is 121 Å². The fraction of sp³-hybridized carbons (Fsp3) is 0.929. The predicted molar refractivity (Wildman–Crippen MR) is 133 cm³/mol. The molecule has 2 atom stereocenters. The van der Waals surface area contributed by atoms with Crippen molar-refractivity contribution in [1.82, 2.24) is 0 Å². The zero-order valence-corrected chi connectivity index (χ0v) is 21.8. The van der Waals surface area contributed by atoms with Crippen molar-refractivity contribution < 1.29 is 29.2 Å². The maximum atomic E-state index is 10.1. The summed E-state index contributed by atoms with van der Waals surface area (Å²) in [5, 5.41) is 19.6. The first-order chi connectivity index (χ1) is 16.4. The Morgan fingerprint density at radius 2 is 1.59 bits per heavy atom. The fourth-order valence-corrected chi connectivity index (χ4v) is 6.00. The summed E-state index contributed by atoms with van der Waals surface area (Å²) < 4.78 is 24.1. The van der Waals surface area contributed by atoms with Gasteiger partial charge in [0.25, 0.3) is 0 Å². The molecule has 0 radical (unpaired) electrons. The van der Waals surface area contributed by atoms with Crippen molar-refractivity contribution in [3.8, 4) is 0 Å². The molecular weight excluding hydrogens is 432 g/mol. The average Bonchev–Trinajstić information content (AvgIpc) is 3.30. The summed E-state index contributed by atoms with van der Waals surface area (Å²) >= 11 is 0. The van der Waals surface area contributed by atoms with Gasteiger partial charge in [-0.1, -0.05) is 57.1 Å². The Morgan fingerprint density at radius 3 is 2.29 bits per heavy atom. The maximum absolute atomic E-state index is 10.1. The van der Waals surface area contributed by atoms with E-state index < -0.39 is 11.4 Å². The Balaban J connectivity index is 1.34. The first kappa shape index (κ1) is 28.1. The van der Waals surface area contributed by atoms with E-state index in [2.05, 4.69) is 12.2 Å². The van der Waals surface area contributed by atoms with E-state index in [0.717, 1.165) is 51.2 Å². The Kier molecular flexibility index (Phi) is 11.3. The van der Waals surface area contributed by atoms with Crippen molar-refractivity contribution >= 4 is 0 Å². The zero-order valence-electron chi connectivity index (χ0n) is 21.8. The Labute approximate surface area is 207 Å². The molecule has 0 aromatic rings. The van der Waals surface area contributed by atoms with Gasteiger partial charge in [0.2, 0.25) is 0 Å². The second-order valence-electron chi connectivity index (χ2n) is 11.1. The molecule has 6 heteroatoms. The highest BCUT2D eigenvalue weighted by atomic mass is 16.7. The van der Waals surface area contributed by atoms with Gasteiger partial charge in [0.1, 0.15) is 5.60 Å². The minimum atomic E-state index is -0.778. The van der Waals surface area contributed by atoms with Gasteiger partial charge in [-0.25, -0.2) is 0 Å². The Hall–Kier alpha value is -0.500. The molecule has 2 aliphatic heterocycles. The number of unbranched alkanes of at least 4 members (excludes halogenated alkanes) is 4. The van der Waals surface area contributed by atoms with Crippen LogP contribution in [-0.2, 0) is 18.9 Å². The lowest BCUT2D eigenvalue weighted by molar-refractivity contribution is -0.334. The van der Waals surface area contributed by atoms with E-state index in [1.807, 2.05) is 13.8 Å². The highest BCUT2D eigenvalue weighted by Crippen LogP contribution is 2.38. The minimum Gasteiger partial charge on any atom is -0.396 e. The van der Waals surface area contributed by atoms with Crippen LogP contribution in [0, 0.1) is 11.8 Å². The highest BCUT2D eigenvalue weighted by Gasteiger charge is 2.47. The molecule has 3 fully saturated rings. The number of aliphatic hydroxyl groups is 2. The SMILES string of the molecule is CC1(C)OC[C@@H](/C=C/CCCCCCC2(CCC3CCCCC3)OCCO2)[C@](CO)(CCO)O1. The van der Waals surface area contributed by atoms with E-state index in [-0.39, 0.29) is 24.9 Å². The molecule has 0 aromatic heterocycles. The number of rotatable bonds is 14. The summed E-state index contributed by atoms with van der Waals surface area (Å²) in [6, 6.07) is 0. The van der Waals surface area contributed by atoms with Gasteiger partial charge in [-0.2, -0.15) is 0 Å². The third-order valence-corrected chi connectivity index (χ3v) is 8.06. The van der Waals surface area contributed by atoms with Gasteiger partial charge < -0.3 is 29.2 Å². The maximum Gasteiger partial charge on any atom is 0.168 e. The lowest BCUT2D eigenvalue weighted by atomic mass is 9.83. The van der Waals surface area contributed by atoms with Crippen molar-refractivity contribution in [2.24, 2.45) is 11.8 Å². The van der Waals surface area contributed by atoms with Gasteiger partial charge in [0.05, 0.1) is 26.4 Å². The number of allylic oxidation sites excluding steroid dienone is 1. The molecule has 0 spiro atoms. The van der Waals surface area contributed by atoms with Crippen molar-refractivity contribution in [2.75, 3.05) is 33.0 Å². The van der Waals surface area contributed by atoms with Crippen molar-refractivity contribution in [1.29, 1.82) is 0 Å². The lowest BCUT2D eigenvalue weighted by Crippen LogP contribution is -2.57. The molecule has 0 amide bonds. The Bertz CT molecular complexity index is 594. The summed E-state index contributed by atoms with van der Waals surface area (Å²) in [7, 11) is 0.